The maximum absolute atomic E-state index is 12.4. The summed E-state index contributed by atoms with van der Waals surface area (Å²) in [6.07, 6.45) is 1.54. The average Bonchev–Trinajstić information content (AvgIpc) is 2.82. The number of carbonyl (C=O) groups excluding carboxylic acids is 2. The van der Waals surface area contributed by atoms with Gasteiger partial charge in [0.25, 0.3) is 5.91 Å². The summed E-state index contributed by atoms with van der Waals surface area (Å²) in [4.78, 5) is 27.8. The molecule has 21 heavy (non-hydrogen) atoms. The largest absolute Gasteiger partial charge is 0.444 e. The van der Waals surface area contributed by atoms with Gasteiger partial charge in [0.1, 0.15) is 11.3 Å². The summed E-state index contributed by atoms with van der Waals surface area (Å²) in [6.45, 7) is 7.61. The van der Waals surface area contributed by atoms with E-state index in [-0.39, 0.29) is 12.0 Å². The molecule has 0 aromatic carbocycles. The van der Waals surface area contributed by atoms with Gasteiger partial charge in [-0.2, -0.15) is 0 Å². The highest BCUT2D eigenvalue weighted by Crippen LogP contribution is 2.13. The molecule has 1 aromatic heterocycles. The summed E-state index contributed by atoms with van der Waals surface area (Å²) in [5, 5.41) is 0. The zero-order valence-electron chi connectivity index (χ0n) is 13.1. The normalized spacial score (nSPS) is 16.0. The van der Waals surface area contributed by atoms with Crippen LogP contribution in [0.2, 0.25) is 0 Å². The Morgan fingerprint density at radius 3 is 2.14 bits per heavy atom. The molecule has 1 saturated heterocycles. The summed E-state index contributed by atoms with van der Waals surface area (Å²) < 4.78 is 7.15. The number of aromatic nitrogens is 1. The molecule has 2 amide bonds. The molecule has 116 valence electrons. The Morgan fingerprint density at radius 2 is 1.67 bits per heavy atom. The van der Waals surface area contributed by atoms with Crippen LogP contribution in [-0.2, 0) is 11.8 Å². The first-order chi connectivity index (χ1) is 9.78. The van der Waals surface area contributed by atoms with Gasteiger partial charge in [0, 0.05) is 39.4 Å². The Balaban J connectivity index is 1.90. The van der Waals surface area contributed by atoms with Crippen LogP contribution < -0.4 is 0 Å². The van der Waals surface area contributed by atoms with Crippen molar-refractivity contribution in [1.82, 2.24) is 14.4 Å². The number of hydrogen-bond acceptors (Lipinski definition) is 3. The van der Waals surface area contributed by atoms with Gasteiger partial charge in [-0.05, 0) is 32.9 Å². The van der Waals surface area contributed by atoms with E-state index >= 15 is 0 Å². The van der Waals surface area contributed by atoms with Crippen molar-refractivity contribution in [3.8, 4) is 0 Å². The summed E-state index contributed by atoms with van der Waals surface area (Å²) in [7, 11) is 1.85. The molecule has 0 saturated carbocycles. The van der Waals surface area contributed by atoms with Crippen LogP contribution in [0.25, 0.3) is 0 Å². The van der Waals surface area contributed by atoms with Gasteiger partial charge in [-0.3, -0.25) is 4.79 Å². The van der Waals surface area contributed by atoms with Gasteiger partial charge >= 0.3 is 6.09 Å². The smallest absolute Gasteiger partial charge is 0.410 e. The van der Waals surface area contributed by atoms with E-state index in [2.05, 4.69) is 0 Å². The number of rotatable bonds is 1. The molecule has 0 bridgehead atoms. The third kappa shape index (κ3) is 3.77. The fourth-order valence-electron chi connectivity index (χ4n) is 2.26. The van der Waals surface area contributed by atoms with E-state index in [1.807, 2.05) is 50.7 Å². The number of carbonyl (C=O) groups is 2. The van der Waals surface area contributed by atoms with E-state index in [1.54, 1.807) is 9.80 Å². The predicted octanol–water partition coefficient (Wildman–Crippen LogP) is 1.72. The summed E-state index contributed by atoms with van der Waals surface area (Å²) in [5.74, 6) is 0.00587. The van der Waals surface area contributed by atoms with Crippen LogP contribution in [0.4, 0.5) is 4.79 Å². The van der Waals surface area contributed by atoms with Gasteiger partial charge < -0.3 is 19.1 Å². The van der Waals surface area contributed by atoms with E-state index in [1.165, 1.54) is 0 Å². The van der Waals surface area contributed by atoms with E-state index in [4.69, 9.17) is 4.74 Å². The Hall–Kier alpha value is -1.98. The van der Waals surface area contributed by atoms with Crippen molar-refractivity contribution in [2.24, 2.45) is 7.05 Å². The molecule has 1 aromatic rings. The molecule has 2 heterocycles. The molecule has 1 aliphatic heterocycles. The second kappa shape index (κ2) is 5.79. The molecule has 0 radical (unpaired) electrons. The fraction of sp³-hybridized carbons (Fsp3) is 0.600. The number of hydrogen-bond donors (Lipinski definition) is 0. The number of nitrogens with zero attached hydrogens (tertiary/aromatic N) is 3. The van der Waals surface area contributed by atoms with Crippen molar-refractivity contribution >= 4 is 12.0 Å². The highest BCUT2D eigenvalue weighted by Gasteiger charge is 2.28. The van der Waals surface area contributed by atoms with Crippen molar-refractivity contribution < 1.29 is 14.3 Å². The molecule has 0 aliphatic carbocycles. The predicted molar refractivity (Wildman–Crippen MR) is 79.1 cm³/mol. The van der Waals surface area contributed by atoms with Gasteiger partial charge in [-0.25, -0.2) is 4.79 Å². The summed E-state index contributed by atoms with van der Waals surface area (Å²) in [6, 6.07) is 3.66. The van der Waals surface area contributed by atoms with Crippen molar-refractivity contribution in [2.75, 3.05) is 26.2 Å². The van der Waals surface area contributed by atoms with Gasteiger partial charge in [-0.1, -0.05) is 0 Å². The number of piperazine rings is 1. The van der Waals surface area contributed by atoms with Crippen LogP contribution in [0.1, 0.15) is 31.3 Å². The Kier molecular flexibility index (Phi) is 4.25. The van der Waals surface area contributed by atoms with Gasteiger partial charge in [0.15, 0.2) is 0 Å². The first-order valence-electron chi connectivity index (χ1n) is 7.16. The van der Waals surface area contributed by atoms with Gasteiger partial charge in [-0.15, -0.1) is 0 Å². The summed E-state index contributed by atoms with van der Waals surface area (Å²) >= 11 is 0. The van der Waals surface area contributed by atoms with Crippen LogP contribution in [0.3, 0.4) is 0 Å². The maximum Gasteiger partial charge on any atom is 0.410 e. The quantitative estimate of drug-likeness (QED) is 0.792. The van der Waals surface area contributed by atoms with Crippen LogP contribution >= 0.6 is 0 Å². The number of aryl methyl sites for hydroxylation is 1. The molecule has 6 nitrogen and oxygen atoms in total. The van der Waals surface area contributed by atoms with E-state index < -0.39 is 5.60 Å². The standard InChI is InChI=1S/C15H23N3O3/c1-15(2,3)21-14(20)18-10-8-17(9-11-18)13(19)12-6-5-7-16(12)4/h5-7H,8-11H2,1-4H3. The van der Waals surface area contributed by atoms with E-state index in [0.29, 0.717) is 31.9 Å². The first kappa shape index (κ1) is 15.4. The van der Waals surface area contributed by atoms with Crippen molar-refractivity contribution in [3.05, 3.63) is 24.0 Å². The van der Waals surface area contributed by atoms with Crippen molar-refractivity contribution in [2.45, 2.75) is 26.4 Å². The Labute approximate surface area is 125 Å². The van der Waals surface area contributed by atoms with E-state index in [9.17, 15) is 9.59 Å². The van der Waals surface area contributed by atoms with Gasteiger partial charge in [0.2, 0.25) is 0 Å². The van der Waals surface area contributed by atoms with Crippen LogP contribution in [-0.4, -0.2) is 58.1 Å². The molecule has 1 aliphatic rings. The molecule has 0 spiro atoms. The minimum Gasteiger partial charge on any atom is -0.444 e. The maximum atomic E-state index is 12.4. The molecule has 1 fully saturated rings. The zero-order chi connectivity index (χ0) is 15.6. The molecule has 0 atom stereocenters. The lowest BCUT2D eigenvalue weighted by molar-refractivity contribution is 0.0139. The average molecular weight is 293 g/mol. The van der Waals surface area contributed by atoms with Crippen molar-refractivity contribution in [1.29, 1.82) is 0 Å². The van der Waals surface area contributed by atoms with Crippen LogP contribution in [0.5, 0.6) is 0 Å². The Bertz CT molecular complexity index is 523. The second-order valence-corrected chi connectivity index (χ2v) is 6.26. The molecular formula is C15H23N3O3. The minimum absolute atomic E-state index is 0.00587. The first-order valence-corrected chi connectivity index (χ1v) is 7.16. The van der Waals surface area contributed by atoms with Gasteiger partial charge in [0.05, 0.1) is 0 Å². The third-order valence-corrected chi connectivity index (χ3v) is 3.38. The minimum atomic E-state index is -0.493. The molecule has 2 rings (SSSR count). The monoisotopic (exact) mass is 293 g/mol. The topological polar surface area (TPSA) is 54.8 Å². The Morgan fingerprint density at radius 1 is 1.10 bits per heavy atom. The molecule has 0 unspecified atom stereocenters. The molecule has 6 heteroatoms. The highest BCUT2D eigenvalue weighted by atomic mass is 16.6. The van der Waals surface area contributed by atoms with E-state index in [0.717, 1.165) is 0 Å². The lowest BCUT2D eigenvalue weighted by atomic mass is 10.2. The molecular weight excluding hydrogens is 270 g/mol. The number of ether oxygens (including phenoxy) is 1. The summed E-state index contributed by atoms with van der Waals surface area (Å²) in [5.41, 5.74) is 0.174. The lowest BCUT2D eigenvalue weighted by Crippen LogP contribution is -2.51. The lowest BCUT2D eigenvalue weighted by Gasteiger charge is -2.35. The second-order valence-electron chi connectivity index (χ2n) is 6.26. The third-order valence-electron chi connectivity index (χ3n) is 3.38. The zero-order valence-corrected chi connectivity index (χ0v) is 13.1. The van der Waals surface area contributed by atoms with Crippen LogP contribution in [0.15, 0.2) is 18.3 Å². The van der Waals surface area contributed by atoms with Crippen molar-refractivity contribution in [3.63, 3.8) is 0 Å². The highest BCUT2D eigenvalue weighted by molar-refractivity contribution is 5.92. The van der Waals surface area contributed by atoms with Crippen LogP contribution in [0, 0.1) is 0 Å². The molecule has 0 N–H and O–H groups in total. The SMILES string of the molecule is Cn1cccc1C(=O)N1CCN(C(=O)OC(C)(C)C)CC1. The fourth-order valence-corrected chi connectivity index (χ4v) is 2.26. The number of amides is 2.